The normalized spacial score (nSPS) is 17.1. The Bertz CT molecular complexity index is 429. The van der Waals surface area contributed by atoms with Gasteiger partial charge in [-0.2, -0.15) is 0 Å². The molecule has 4 N–H and O–H groups in total. The van der Waals surface area contributed by atoms with E-state index in [-0.39, 0.29) is 11.8 Å². The Kier molecular flexibility index (Phi) is 3.38. The minimum atomic E-state index is -0.221. The smallest absolute Gasteiger partial charge is 0.220 e. The van der Waals surface area contributed by atoms with Gasteiger partial charge in [0.15, 0.2) is 0 Å². The molecule has 2 heterocycles. The minimum absolute atomic E-state index is 0.0289. The van der Waals surface area contributed by atoms with Crippen LogP contribution in [0.4, 0.5) is 11.5 Å². The Morgan fingerprint density at radius 3 is 2.65 bits per heavy atom. The molecule has 1 fully saturated rings. The predicted molar refractivity (Wildman–Crippen MR) is 67.8 cm³/mol. The Morgan fingerprint density at radius 2 is 2.12 bits per heavy atom. The number of nitrogen functional groups attached to an aromatic ring is 1. The molecule has 17 heavy (non-hydrogen) atoms. The number of primary amides is 1. The van der Waals surface area contributed by atoms with E-state index in [1.807, 2.05) is 0 Å². The molecule has 1 saturated heterocycles. The van der Waals surface area contributed by atoms with Crippen LogP contribution in [0, 0.1) is 5.92 Å². The first-order chi connectivity index (χ1) is 8.08. The van der Waals surface area contributed by atoms with Gasteiger partial charge in [0, 0.05) is 19.0 Å². The van der Waals surface area contributed by atoms with Gasteiger partial charge in [-0.15, -0.1) is 0 Å². The van der Waals surface area contributed by atoms with Crippen LogP contribution in [0.15, 0.2) is 12.3 Å². The van der Waals surface area contributed by atoms with E-state index in [0.717, 1.165) is 31.7 Å². The van der Waals surface area contributed by atoms with Crippen molar-refractivity contribution in [1.82, 2.24) is 4.98 Å². The van der Waals surface area contributed by atoms with Gasteiger partial charge in [0.2, 0.25) is 5.91 Å². The van der Waals surface area contributed by atoms with Gasteiger partial charge in [0.05, 0.1) is 16.9 Å². The van der Waals surface area contributed by atoms with Gasteiger partial charge in [0.1, 0.15) is 5.82 Å². The van der Waals surface area contributed by atoms with E-state index in [4.69, 9.17) is 23.1 Å². The fourth-order valence-electron chi connectivity index (χ4n) is 2.05. The first-order valence-electron chi connectivity index (χ1n) is 5.53. The second-order valence-electron chi connectivity index (χ2n) is 4.24. The largest absolute Gasteiger partial charge is 0.397 e. The number of aromatic nitrogens is 1. The van der Waals surface area contributed by atoms with Crippen LogP contribution in [0.3, 0.4) is 0 Å². The van der Waals surface area contributed by atoms with Crippen molar-refractivity contribution in [2.45, 2.75) is 12.8 Å². The molecule has 0 saturated carbocycles. The van der Waals surface area contributed by atoms with E-state index >= 15 is 0 Å². The number of halogens is 1. The number of amides is 1. The lowest BCUT2D eigenvalue weighted by Gasteiger charge is -2.31. The van der Waals surface area contributed by atoms with Gasteiger partial charge in [-0.05, 0) is 18.9 Å². The quantitative estimate of drug-likeness (QED) is 0.825. The number of hydrogen-bond acceptors (Lipinski definition) is 4. The second kappa shape index (κ2) is 4.79. The van der Waals surface area contributed by atoms with Crippen molar-refractivity contribution >= 4 is 29.0 Å². The number of piperidine rings is 1. The fourth-order valence-corrected chi connectivity index (χ4v) is 2.35. The zero-order chi connectivity index (χ0) is 12.4. The molecular weight excluding hydrogens is 240 g/mol. The Balaban J connectivity index is 2.08. The molecule has 0 spiro atoms. The fraction of sp³-hybridized carbons (Fsp3) is 0.455. The minimum Gasteiger partial charge on any atom is -0.397 e. The number of rotatable bonds is 2. The molecule has 5 nitrogen and oxygen atoms in total. The van der Waals surface area contributed by atoms with E-state index in [1.54, 1.807) is 12.3 Å². The van der Waals surface area contributed by atoms with E-state index in [1.165, 1.54) is 0 Å². The molecule has 1 aliphatic rings. The summed E-state index contributed by atoms with van der Waals surface area (Å²) in [5.41, 5.74) is 11.4. The van der Waals surface area contributed by atoms with Crippen molar-refractivity contribution in [1.29, 1.82) is 0 Å². The first kappa shape index (κ1) is 12.0. The number of carbonyl (C=O) groups excluding carboxylic acids is 1. The second-order valence-corrected chi connectivity index (χ2v) is 4.64. The summed E-state index contributed by atoms with van der Waals surface area (Å²) in [5.74, 6) is 0.476. The third-order valence-corrected chi connectivity index (χ3v) is 3.32. The summed E-state index contributed by atoms with van der Waals surface area (Å²) in [6.45, 7) is 1.48. The van der Waals surface area contributed by atoms with Gasteiger partial charge >= 0.3 is 0 Å². The third-order valence-electron chi connectivity index (χ3n) is 3.04. The summed E-state index contributed by atoms with van der Waals surface area (Å²) in [7, 11) is 0. The molecule has 0 aromatic carbocycles. The van der Waals surface area contributed by atoms with Crippen molar-refractivity contribution in [2.24, 2.45) is 11.7 Å². The van der Waals surface area contributed by atoms with E-state index in [2.05, 4.69) is 9.88 Å². The predicted octanol–water partition coefficient (Wildman–Crippen LogP) is 1.02. The molecule has 0 atom stereocenters. The first-order valence-corrected chi connectivity index (χ1v) is 5.91. The molecule has 92 valence electrons. The van der Waals surface area contributed by atoms with E-state index < -0.39 is 0 Å². The van der Waals surface area contributed by atoms with Crippen LogP contribution < -0.4 is 16.4 Å². The molecule has 0 radical (unpaired) electrons. The summed E-state index contributed by atoms with van der Waals surface area (Å²) in [6.07, 6.45) is 3.08. The van der Waals surface area contributed by atoms with Crippen LogP contribution in [-0.2, 0) is 4.79 Å². The maximum absolute atomic E-state index is 11.1. The SMILES string of the molecule is NC(=O)C1CCN(c2ncc(N)cc2Cl)CC1. The average Bonchev–Trinajstić information content (AvgIpc) is 2.29. The van der Waals surface area contributed by atoms with Crippen LogP contribution in [0.25, 0.3) is 0 Å². The lowest BCUT2D eigenvalue weighted by atomic mass is 9.96. The molecule has 6 heteroatoms. The van der Waals surface area contributed by atoms with Gasteiger partial charge in [-0.1, -0.05) is 11.6 Å². The van der Waals surface area contributed by atoms with Crippen molar-refractivity contribution in [3.8, 4) is 0 Å². The average molecular weight is 255 g/mol. The standard InChI is InChI=1S/C11H15ClN4O/c12-9-5-8(13)6-15-11(9)16-3-1-7(2-4-16)10(14)17/h5-7H,1-4,13H2,(H2,14,17). The summed E-state index contributed by atoms with van der Waals surface area (Å²) in [6, 6.07) is 1.68. The number of carbonyl (C=O) groups is 1. The van der Waals surface area contributed by atoms with Crippen molar-refractivity contribution in [2.75, 3.05) is 23.7 Å². The Morgan fingerprint density at radius 1 is 1.47 bits per heavy atom. The lowest BCUT2D eigenvalue weighted by molar-refractivity contribution is -0.122. The molecule has 1 amide bonds. The molecule has 0 unspecified atom stereocenters. The van der Waals surface area contributed by atoms with Crippen LogP contribution in [0.2, 0.25) is 5.02 Å². The highest BCUT2D eigenvalue weighted by atomic mass is 35.5. The maximum atomic E-state index is 11.1. The Hall–Kier alpha value is -1.49. The lowest BCUT2D eigenvalue weighted by Crippen LogP contribution is -2.39. The topological polar surface area (TPSA) is 85.2 Å². The van der Waals surface area contributed by atoms with Crippen molar-refractivity contribution in [3.05, 3.63) is 17.3 Å². The van der Waals surface area contributed by atoms with Crippen LogP contribution in [0.5, 0.6) is 0 Å². The molecule has 0 aliphatic carbocycles. The van der Waals surface area contributed by atoms with Crippen molar-refractivity contribution in [3.63, 3.8) is 0 Å². The van der Waals surface area contributed by atoms with Gasteiger partial charge in [-0.25, -0.2) is 4.98 Å². The zero-order valence-electron chi connectivity index (χ0n) is 9.40. The van der Waals surface area contributed by atoms with Gasteiger partial charge in [0.25, 0.3) is 0 Å². The number of nitrogens with zero attached hydrogens (tertiary/aromatic N) is 2. The number of hydrogen-bond donors (Lipinski definition) is 2. The molecule has 2 rings (SSSR count). The summed E-state index contributed by atoms with van der Waals surface area (Å²) >= 11 is 6.09. The molecule has 0 bridgehead atoms. The number of anilines is 2. The monoisotopic (exact) mass is 254 g/mol. The summed E-state index contributed by atoms with van der Waals surface area (Å²) in [5, 5.41) is 0.544. The van der Waals surface area contributed by atoms with E-state index in [0.29, 0.717) is 10.7 Å². The molecule has 1 aliphatic heterocycles. The highest BCUT2D eigenvalue weighted by molar-refractivity contribution is 6.33. The van der Waals surface area contributed by atoms with Crippen molar-refractivity contribution < 1.29 is 4.79 Å². The maximum Gasteiger partial charge on any atom is 0.220 e. The third kappa shape index (κ3) is 2.61. The van der Waals surface area contributed by atoms with Crippen LogP contribution in [0.1, 0.15) is 12.8 Å². The van der Waals surface area contributed by atoms with E-state index in [9.17, 15) is 4.79 Å². The molecular formula is C11H15ClN4O. The molecule has 1 aromatic heterocycles. The number of pyridine rings is 1. The van der Waals surface area contributed by atoms with Crippen LogP contribution >= 0.6 is 11.6 Å². The summed E-state index contributed by atoms with van der Waals surface area (Å²) < 4.78 is 0. The molecule has 1 aromatic rings. The Labute approximate surface area is 105 Å². The zero-order valence-corrected chi connectivity index (χ0v) is 10.2. The van der Waals surface area contributed by atoms with Crippen LogP contribution in [-0.4, -0.2) is 24.0 Å². The summed E-state index contributed by atoms with van der Waals surface area (Å²) in [4.78, 5) is 17.3. The van der Waals surface area contributed by atoms with Gasteiger partial charge < -0.3 is 16.4 Å². The highest BCUT2D eigenvalue weighted by Gasteiger charge is 2.24. The number of nitrogens with two attached hydrogens (primary N) is 2. The highest BCUT2D eigenvalue weighted by Crippen LogP contribution is 2.28. The van der Waals surface area contributed by atoms with Gasteiger partial charge in [-0.3, -0.25) is 4.79 Å².